The van der Waals surface area contributed by atoms with Crippen LogP contribution in [0.1, 0.15) is 38.8 Å². The molecule has 2 N–H and O–H groups in total. The Labute approximate surface area is 104 Å². The number of ether oxygens (including phenoxy) is 2. The molecular formula is C14H23NO2. The molecule has 1 unspecified atom stereocenters. The Balaban J connectivity index is 2.96. The smallest absolute Gasteiger partial charge is 0.122 e. The summed E-state index contributed by atoms with van der Waals surface area (Å²) in [5, 5.41) is 0. The van der Waals surface area contributed by atoms with E-state index in [0.717, 1.165) is 23.5 Å². The van der Waals surface area contributed by atoms with E-state index < -0.39 is 0 Å². The quantitative estimate of drug-likeness (QED) is 0.875. The van der Waals surface area contributed by atoms with Crippen LogP contribution in [0.25, 0.3) is 0 Å². The summed E-state index contributed by atoms with van der Waals surface area (Å²) in [7, 11) is 3.29. The van der Waals surface area contributed by atoms with E-state index in [-0.39, 0.29) is 11.5 Å². The fourth-order valence-corrected chi connectivity index (χ4v) is 1.82. The van der Waals surface area contributed by atoms with Crippen LogP contribution in [0.2, 0.25) is 0 Å². The summed E-state index contributed by atoms with van der Waals surface area (Å²) in [6, 6.07) is 5.80. The van der Waals surface area contributed by atoms with Crippen molar-refractivity contribution in [3.8, 4) is 11.5 Å². The first-order valence-corrected chi connectivity index (χ1v) is 5.84. The van der Waals surface area contributed by atoms with E-state index in [1.165, 1.54) is 0 Å². The lowest BCUT2D eigenvalue weighted by molar-refractivity contribution is 0.340. The lowest BCUT2D eigenvalue weighted by Gasteiger charge is -2.24. The van der Waals surface area contributed by atoms with E-state index in [9.17, 15) is 0 Å². The molecule has 96 valence electrons. The first-order chi connectivity index (χ1) is 7.85. The predicted octanol–water partition coefficient (Wildman–Crippen LogP) is 3.14. The average Bonchev–Trinajstić information content (AvgIpc) is 2.26. The van der Waals surface area contributed by atoms with Gasteiger partial charge in [-0.25, -0.2) is 0 Å². The van der Waals surface area contributed by atoms with Gasteiger partial charge in [0.1, 0.15) is 11.5 Å². The van der Waals surface area contributed by atoms with Gasteiger partial charge in [-0.15, -0.1) is 0 Å². The molecule has 0 fully saturated rings. The van der Waals surface area contributed by atoms with Gasteiger partial charge in [-0.1, -0.05) is 20.8 Å². The zero-order valence-electron chi connectivity index (χ0n) is 11.4. The molecule has 0 aliphatic carbocycles. The van der Waals surface area contributed by atoms with Gasteiger partial charge in [0, 0.05) is 12.1 Å². The third kappa shape index (κ3) is 4.27. The molecule has 3 nitrogen and oxygen atoms in total. The maximum absolute atomic E-state index is 6.22. The number of hydrogen-bond acceptors (Lipinski definition) is 3. The van der Waals surface area contributed by atoms with Gasteiger partial charge in [0.05, 0.1) is 14.2 Å². The molecule has 0 aliphatic heterocycles. The highest BCUT2D eigenvalue weighted by atomic mass is 16.5. The van der Waals surface area contributed by atoms with Crippen molar-refractivity contribution in [3.05, 3.63) is 23.8 Å². The second-order valence-electron chi connectivity index (χ2n) is 5.52. The summed E-state index contributed by atoms with van der Waals surface area (Å²) in [6.45, 7) is 6.55. The number of hydrogen-bond donors (Lipinski definition) is 1. The van der Waals surface area contributed by atoms with Crippen LogP contribution in [0.4, 0.5) is 0 Å². The van der Waals surface area contributed by atoms with Crippen LogP contribution in [0.15, 0.2) is 18.2 Å². The van der Waals surface area contributed by atoms with Crippen molar-refractivity contribution in [2.24, 2.45) is 11.1 Å². The van der Waals surface area contributed by atoms with Gasteiger partial charge in [-0.3, -0.25) is 0 Å². The first-order valence-electron chi connectivity index (χ1n) is 5.84. The molecule has 0 saturated carbocycles. The van der Waals surface area contributed by atoms with Crippen molar-refractivity contribution < 1.29 is 9.47 Å². The van der Waals surface area contributed by atoms with Gasteiger partial charge in [0.2, 0.25) is 0 Å². The Hall–Kier alpha value is -1.22. The molecule has 0 aliphatic rings. The van der Waals surface area contributed by atoms with Crippen LogP contribution in [0.5, 0.6) is 11.5 Å². The monoisotopic (exact) mass is 237 g/mol. The summed E-state index contributed by atoms with van der Waals surface area (Å²) >= 11 is 0. The number of benzene rings is 1. The van der Waals surface area contributed by atoms with Crippen LogP contribution in [0, 0.1) is 5.41 Å². The number of nitrogens with two attached hydrogens (primary N) is 1. The normalized spacial score (nSPS) is 13.3. The number of methoxy groups -OCH3 is 2. The molecule has 0 heterocycles. The Morgan fingerprint density at radius 3 is 1.88 bits per heavy atom. The SMILES string of the molecule is COc1cc(OC)cc(C(N)CC(C)(C)C)c1. The molecule has 1 aromatic carbocycles. The van der Waals surface area contributed by atoms with E-state index in [0.29, 0.717) is 0 Å². The molecule has 0 radical (unpaired) electrons. The summed E-state index contributed by atoms with van der Waals surface area (Å²) in [5.41, 5.74) is 7.47. The van der Waals surface area contributed by atoms with Gasteiger partial charge in [0.25, 0.3) is 0 Å². The van der Waals surface area contributed by atoms with Crippen molar-refractivity contribution in [2.75, 3.05) is 14.2 Å². The van der Waals surface area contributed by atoms with Crippen molar-refractivity contribution in [1.82, 2.24) is 0 Å². The highest BCUT2D eigenvalue weighted by Gasteiger charge is 2.18. The van der Waals surface area contributed by atoms with E-state index in [4.69, 9.17) is 15.2 Å². The Kier molecular flexibility index (Phi) is 4.40. The third-order valence-electron chi connectivity index (χ3n) is 2.63. The van der Waals surface area contributed by atoms with Gasteiger partial charge < -0.3 is 15.2 Å². The fourth-order valence-electron chi connectivity index (χ4n) is 1.82. The van der Waals surface area contributed by atoms with E-state index in [1.807, 2.05) is 18.2 Å². The second kappa shape index (κ2) is 5.41. The van der Waals surface area contributed by atoms with Crippen LogP contribution in [0.3, 0.4) is 0 Å². The topological polar surface area (TPSA) is 44.5 Å². The Morgan fingerprint density at radius 2 is 1.53 bits per heavy atom. The third-order valence-corrected chi connectivity index (χ3v) is 2.63. The summed E-state index contributed by atoms with van der Waals surface area (Å²) in [5.74, 6) is 1.56. The summed E-state index contributed by atoms with van der Waals surface area (Å²) in [6.07, 6.45) is 0.920. The molecule has 3 heteroatoms. The standard InChI is InChI=1S/C14H23NO2/c1-14(2,3)9-13(15)10-6-11(16-4)8-12(7-10)17-5/h6-8,13H,9,15H2,1-5H3. The van der Waals surface area contributed by atoms with Crippen LogP contribution < -0.4 is 15.2 Å². The molecular weight excluding hydrogens is 214 g/mol. The first kappa shape index (κ1) is 13.8. The highest BCUT2D eigenvalue weighted by molar-refractivity contribution is 5.39. The van der Waals surface area contributed by atoms with Gasteiger partial charge in [-0.05, 0) is 29.5 Å². The summed E-state index contributed by atoms with van der Waals surface area (Å²) in [4.78, 5) is 0. The molecule has 17 heavy (non-hydrogen) atoms. The van der Waals surface area contributed by atoms with Gasteiger partial charge in [0.15, 0.2) is 0 Å². The van der Waals surface area contributed by atoms with Crippen molar-refractivity contribution in [1.29, 1.82) is 0 Å². The van der Waals surface area contributed by atoms with Crippen molar-refractivity contribution in [2.45, 2.75) is 33.2 Å². The fraction of sp³-hybridized carbons (Fsp3) is 0.571. The predicted molar refractivity (Wildman–Crippen MR) is 70.5 cm³/mol. The van der Waals surface area contributed by atoms with Crippen molar-refractivity contribution >= 4 is 0 Å². The van der Waals surface area contributed by atoms with Gasteiger partial charge >= 0.3 is 0 Å². The van der Waals surface area contributed by atoms with E-state index in [2.05, 4.69) is 20.8 Å². The lowest BCUT2D eigenvalue weighted by Crippen LogP contribution is -2.18. The molecule has 0 bridgehead atoms. The lowest BCUT2D eigenvalue weighted by atomic mass is 9.86. The zero-order valence-corrected chi connectivity index (χ0v) is 11.4. The summed E-state index contributed by atoms with van der Waals surface area (Å²) < 4.78 is 10.5. The van der Waals surface area contributed by atoms with Crippen LogP contribution in [-0.4, -0.2) is 14.2 Å². The molecule has 1 aromatic rings. The molecule has 0 saturated heterocycles. The Morgan fingerprint density at radius 1 is 1.06 bits per heavy atom. The van der Waals surface area contributed by atoms with Crippen molar-refractivity contribution in [3.63, 3.8) is 0 Å². The minimum absolute atomic E-state index is 0.000926. The molecule has 1 rings (SSSR count). The zero-order chi connectivity index (χ0) is 13.1. The molecule has 1 atom stereocenters. The van der Waals surface area contributed by atoms with E-state index in [1.54, 1.807) is 14.2 Å². The highest BCUT2D eigenvalue weighted by Crippen LogP contribution is 2.31. The molecule has 0 aromatic heterocycles. The largest absolute Gasteiger partial charge is 0.497 e. The maximum Gasteiger partial charge on any atom is 0.122 e. The van der Waals surface area contributed by atoms with E-state index >= 15 is 0 Å². The Bertz CT molecular complexity index is 347. The minimum Gasteiger partial charge on any atom is -0.497 e. The number of rotatable bonds is 4. The maximum atomic E-state index is 6.22. The van der Waals surface area contributed by atoms with Gasteiger partial charge in [-0.2, -0.15) is 0 Å². The van der Waals surface area contributed by atoms with Crippen LogP contribution >= 0.6 is 0 Å². The second-order valence-corrected chi connectivity index (χ2v) is 5.52. The van der Waals surface area contributed by atoms with Crippen LogP contribution in [-0.2, 0) is 0 Å². The molecule has 0 spiro atoms. The molecule has 0 amide bonds. The average molecular weight is 237 g/mol. The minimum atomic E-state index is -0.000926.